The molecule has 1 N–H and O–H groups in total. The molecule has 0 saturated carbocycles. The van der Waals surface area contributed by atoms with Crippen molar-refractivity contribution in [3.63, 3.8) is 0 Å². The van der Waals surface area contributed by atoms with Gasteiger partial charge in [-0.2, -0.15) is 0 Å². The predicted octanol–water partition coefficient (Wildman–Crippen LogP) is 1.67. The molecule has 0 aliphatic heterocycles. The molecule has 0 aliphatic rings. The molecule has 0 radical (unpaired) electrons. The van der Waals surface area contributed by atoms with Crippen LogP contribution in [0.2, 0.25) is 0 Å². The topological polar surface area (TPSA) is 101 Å². The Morgan fingerprint density at radius 1 is 1.45 bits per heavy atom. The Hall–Kier alpha value is -2.51. The van der Waals surface area contributed by atoms with E-state index in [-0.39, 0.29) is 24.9 Å². The molecule has 1 amide bonds. The Morgan fingerprint density at radius 3 is 2.65 bits per heavy atom. The number of hydrogen-bond donors (Lipinski definition) is 1. The van der Waals surface area contributed by atoms with Crippen LogP contribution in [0.5, 0.6) is 0 Å². The minimum Gasteiger partial charge on any atom is -0.481 e. The molecule has 0 unspecified atom stereocenters. The minimum atomic E-state index is -0.998. The molecule has 0 saturated heterocycles. The maximum Gasteiger partial charge on any atom is 0.303 e. The third kappa shape index (κ3) is 4.01. The number of carboxylic acids is 1. The van der Waals surface area contributed by atoms with Crippen LogP contribution in [-0.2, 0) is 4.79 Å². The lowest BCUT2D eigenvalue weighted by molar-refractivity contribution is -0.385. The van der Waals surface area contributed by atoms with Gasteiger partial charge in [-0.05, 0) is 18.6 Å². The summed E-state index contributed by atoms with van der Waals surface area (Å²) >= 11 is 0. The summed E-state index contributed by atoms with van der Waals surface area (Å²) in [5.41, 5.74) is -0.839. The highest BCUT2D eigenvalue weighted by molar-refractivity contribution is 5.98. The van der Waals surface area contributed by atoms with Gasteiger partial charge in [0.05, 0.1) is 4.92 Å². The Kier molecular flexibility index (Phi) is 5.13. The van der Waals surface area contributed by atoms with Crippen LogP contribution in [0.3, 0.4) is 0 Å². The number of nitro benzene ring substituents is 1. The fourth-order valence-electron chi connectivity index (χ4n) is 1.61. The molecule has 1 aromatic carbocycles. The fourth-order valence-corrected chi connectivity index (χ4v) is 1.61. The van der Waals surface area contributed by atoms with Gasteiger partial charge in [-0.25, -0.2) is 4.39 Å². The lowest BCUT2D eigenvalue weighted by Crippen LogP contribution is -2.28. The zero-order valence-electron chi connectivity index (χ0n) is 10.7. The van der Waals surface area contributed by atoms with Gasteiger partial charge in [0.2, 0.25) is 0 Å². The normalized spacial score (nSPS) is 10.1. The van der Waals surface area contributed by atoms with Gasteiger partial charge in [0.25, 0.3) is 11.6 Å². The molecule has 0 spiro atoms. The van der Waals surface area contributed by atoms with Gasteiger partial charge in [-0.15, -0.1) is 0 Å². The molecule has 0 fully saturated rings. The highest BCUT2D eigenvalue weighted by Crippen LogP contribution is 2.21. The van der Waals surface area contributed by atoms with Gasteiger partial charge < -0.3 is 10.0 Å². The minimum absolute atomic E-state index is 0.110. The van der Waals surface area contributed by atoms with E-state index in [4.69, 9.17) is 5.11 Å². The van der Waals surface area contributed by atoms with Crippen LogP contribution < -0.4 is 0 Å². The van der Waals surface area contributed by atoms with E-state index in [1.807, 2.05) is 0 Å². The van der Waals surface area contributed by atoms with E-state index in [1.54, 1.807) is 0 Å². The summed E-state index contributed by atoms with van der Waals surface area (Å²) in [5.74, 6) is -2.47. The first-order valence-corrected chi connectivity index (χ1v) is 5.74. The number of rotatable bonds is 6. The quantitative estimate of drug-likeness (QED) is 0.632. The van der Waals surface area contributed by atoms with Gasteiger partial charge in [0.15, 0.2) is 0 Å². The van der Waals surface area contributed by atoms with Crippen molar-refractivity contribution in [3.8, 4) is 0 Å². The summed E-state index contributed by atoms with van der Waals surface area (Å²) in [4.78, 5) is 33.5. The number of halogens is 1. The monoisotopic (exact) mass is 284 g/mol. The summed E-state index contributed by atoms with van der Waals surface area (Å²) in [6.07, 6.45) is 0.0869. The van der Waals surface area contributed by atoms with Crippen LogP contribution in [0.4, 0.5) is 10.1 Å². The zero-order chi connectivity index (χ0) is 15.3. The van der Waals surface area contributed by atoms with Crippen LogP contribution in [-0.4, -0.2) is 40.4 Å². The number of benzene rings is 1. The van der Waals surface area contributed by atoms with Gasteiger partial charge in [-0.3, -0.25) is 19.7 Å². The summed E-state index contributed by atoms with van der Waals surface area (Å²) in [5, 5.41) is 19.3. The molecule has 0 bridgehead atoms. The number of carbonyl (C=O) groups excluding carboxylic acids is 1. The van der Waals surface area contributed by atoms with E-state index in [0.717, 1.165) is 23.1 Å². The second-order valence-electron chi connectivity index (χ2n) is 4.14. The van der Waals surface area contributed by atoms with Crippen LogP contribution in [0.25, 0.3) is 0 Å². The second-order valence-corrected chi connectivity index (χ2v) is 4.14. The average Bonchev–Trinajstić information content (AvgIpc) is 2.36. The Labute approximate surface area is 113 Å². The van der Waals surface area contributed by atoms with Gasteiger partial charge in [0, 0.05) is 26.1 Å². The van der Waals surface area contributed by atoms with Crippen molar-refractivity contribution in [2.45, 2.75) is 12.8 Å². The highest BCUT2D eigenvalue weighted by atomic mass is 19.1. The van der Waals surface area contributed by atoms with Gasteiger partial charge >= 0.3 is 5.97 Å². The number of hydrogen-bond acceptors (Lipinski definition) is 4. The number of carbonyl (C=O) groups is 2. The smallest absolute Gasteiger partial charge is 0.303 e. The van der Waals surface area contributed by atoms with Crippen molar-refractivity contribution in [1.29, 1.82) is 0 Å². The van der Waals surface area contributed by atoms with Crippen molar-refractivity contribution < 1.29 is 24.0 Å². The number of nitrogens with zero attached hydrogens (tertiary/aromatic N) is 2. The summed E-state index contributed by atoms with van der Waals surface area (Å²) in [7, 11) is 1.37. The Bertz CT molecular complexity index is 547. The number of amides is 1. The molecule has 1 rings (SSSR count). The van der Waals surface area contributed by atoms with E-state index in [2.05, 4.69) is 0 Å². The van der Waals surface area contributed by atoms with Crippen molar-refractivity contribution >= 4 is 17.6 Å². The maximum atomic E-state index is 13.1. The summed E-state index contributed by atoms with van der Waals surface area (Å²) in [6, 6.07) is 2.63. The van der Waals surface area contributed by atoms with Crippen molar-refractivity contribution in [1.82, 2.24) is 4.90 Å². The SMILES string of the molecule is CN(CCCC(=O)O)C(=O)c1cc(F)ccc1[N+](=O)[O-]. The largest absolute Gasteiger partial charge is 0.481 e. The van der Waals surface area contributed by atoms with E-state index >= 15 is 0 Å². The van der Waals surface area contributed by atoms with E-state index in [0.29, 0.717) is 0 Å². The van der Waals surface area contributed by atoms with Crippen LogP contribution in [0.15, 0.2) is 18.2 Å². The third-order valence-corrected chi connectivity index (χ3v) is 2.62. The first kappa shape index (κ1) is 15.5. The first-order chi connectivity index (χ1) is 9.32. The van der Waals surface area contributed by atoms with E-state index in [1.165, 1.54) is 7.05 Å². The third-order valence-electron chi connectivity index (χ3n) is 2.62. The molecule has 0 aliphatic carbocycles. The predicted molar refractivity (Wildman–Crippen MR) is 66.9 cm³/mol. The lowest BCUT2D eigenvalue weighted by Gasteiger charge is -2.16. The maximum absolute atomic E-state index is 13.1. The molecule has 108 valence electrons. The van der Waals surface area contributed by atoms with Crippen molar-refractivity contribution in [3.05, 3.63) is 39.7 Å². The van der Waals surface area contributed by atoms with Crippen LogP contribution >= 0.6 is 0 Å². The number of aliphatic carboxylic acids is 1. The lowest BCUT2D eigenvalue weighted by atomic mass is 10.1. The second kappa shape index (κ2) is 6.60. The molecule has 0 aromatic heterocycles. The Morgan fingerprint density at radius 2 is 2.10 bits per heavy atom. The van der Waals surface area contributed by atoms with Gasteiger partial charge in [-0.1, -0.05) is 0 Å². The van der Waals surface area contributed by atoms with Crippen LogP contribution in [0, 0.1) is 15.9 Å². The highest BCUT2D eigenvalue weighted by Gasteiger charge is 2.23. The van der Waals surface area contributed by atoms with Crippen LogP contribution in [0.1, 0.15) is 23.2 Å². The molecular weight excluding hydrogens is 271 g/mol. The first-order valence-electron chi connectivity index (χ1n) is 5.74. The summed E-state index contributed by atoms with van der Waals surface area (Å²) in [6.45, 7) is 0.110. The van der Waals surface area contributed by atoms with Crippen molar-refractivity contribution in [2.24, 2.45) is 0 Å². The molecule has 1 aromatic rings. The molecule has 7 nitrogen and oxygen atoms in total. The van der Waals surface area contributed by atoms with E-state index < -0.39 is 28.3 Å². The zero-order valence-corrected chi connectivity index (χ0v) is 10.7. The molecule has 0 heterocycles. The molecule has 20 heavy (non-hydrogen) atoms. The molecular formula is C12H13FN2O5. The molecule has 0 atom stereocenters. The average molecular weight is 284 g/mol. The Balaban J connectivity index is 2.88. The number of carboxylic acid groups (broad SMARTS) is 1. The number of nitro groups is 1. The van der Waals surface area contributed by atoms with Gasteiger partial charge in [0.1, 0.15) is 11.4 Å². The summed E-state index contributed by atoms with van der Waals surface area (Å²) < 4.78 is 13.1. The fraction of sp³-hybridized carbons (Fsp3) is 0.333. The van der Waals surface area contributed by atoms with Crippen molar-refractivity contribution in [2.75, 3.05) is 13.6 Å². The van der Waals surface area contributed by atoms with E-state index in [9.17, 15) is 24.1 Å². The standard InChI is InChI=1S/C12H13FN2O5/c1-14(6-2-3-11(16)17)12(18)9-7-8(13)4-5-10(9)15(19)20/h4-5,7H,2-3,6H2,1H3,(H,16,17). The molecule has 8 heteroatoms.